The fraction of sp³-hybridized carbons (Fsp3) is 0.0357. The highest BCUT2D eigenvalue weighted by molar-refractivity contribution is 14.1. The minimum absolute atomic E-state index is 0.237. The monoisotopic (exact) mass is 701 g/mol. The maximum absolute atomic E-state index is 13.3. The Bertz CT molecular complexity index is 1610. The third-order valence-corrected chi connectivity index (χ3v) is 7.03. The van der Waals surface area contributed by atoms with Gasteiger partial charge >= 0.3 is 0 Å². The zero-order chi connectivity index (χ0) is 25.1. The molecule has 5 rings (SSSR count). The molecule has 0 aliphatic heterocycles. The molecule has 1 heterocycles. The summed E-state index contributed by atoms with van der Waals surface area (Å²) in [5, 5.41) is 5.05. The number of fused-ring (bicyclic) bond motifs is 1. The van der Waals surface area contributed by atoms with Crippen molar-refractivity contribution in [3.05, 3.63) is 125 Å². The number of hydrogen-bond donors (Lipinski definition) is 0. The van der Waals surface area contributed by atoms with Crippen molar-refractivity contribution in [2.45, 2.75) is 6.61 Å². The molecule has 1 aromatic heterocycles. The quantitative estimate of drug-likeness (QED) is 0.144. The minimum Gasteiger partial charge on any atom is -0.487 e. The van der Waals surface area contributed by atoms with Crippen LogP contribution < -0.4 is 10.3 Å². The van der Waals surface area contributed by atoms with E-state index in [9.17, 15) is 9.18 Å². The topological polar surface area (TPSA) is 56.5 Å². The maximum atomic E-state index is 13.3. The molecule has 0 fully saturated rings. The number of rotatable bonds is 6. The van der Waals surface area contributed by atoms with Crippen molar-refractivity contribution >= 4 is 62.3 Å². The fourth-order valence-corrected chi connectivity index (χ4v) is 5.79. The highest BCUT2D eigenvalue weighted by atomic mass is 127. The van der Waals surface area contributed by atoms with E-state index in [1.807, 2.05) is 60.7 Å². The molecular formula is C28H18FI2N3O2. The molecule has 178 valence electrons. The predicted octanol–water partition coefficient (Wildman–Crippen LogP) is 6.87. The molecular weight excluding hydrogens is 683 g/mol. The van der Waals surface area contributed by atoms with E-state index in [2.05, 4.69) is 50.3 Å². The smallest absolute Gasteiger partial charge is 0.282 e. The van der Waals surface area contributed by atoms with Gasteiger partial charge in [0.15, 0.2) is 5.82 Å². The van der Waals surface area contributed by atoms with Crippen molar-refractivity contribution in [1.29, 1.82) is 0 Å². The van der Waals surface area contributed by atoms with Gasteiger partial charge in [-0.1, -0.05) is 54.6 Å². The minimum atomic E-state index is -0.275. The van der Waals surface area contributed by atoms with Crippen LogP contribution in [0.3, 0.4) is 0 Å². The Balaban J connectivity index is 1.49. The molecule has 0 saturated carbocycles. The van der Waals surface area contributed by atoms with Crippen LogP contribution in [0.5, 0.6) is 5.75 Å². The molecule has 0 aliphatic carbocycles. The van der Waals surface area contributed by atoms with Crippen LogP contribution in [0.1, 0.15) is 11.1 Å². The molecule has 0 bridgehead atoms. The Labute approximate surface area is 233 Å². The van der Waals surface area contributed by atoms with Crippen molar-refractivity contribution < 1.29 is 9.13 Å². The number of benzene rings is 4. The molecule has 0 saturated heterocycles. The van der Waals surface area contributed by atoms with Gasteiger partial charge in [0.05, 0.1) is 24.3 Å². The summed E-state index contributed by atoms with van der Waals surface area (Å²) in [4.78, 5) is 18.1. The summed E-state index contributed by atoms with van der Waals surface area (Å²) in [7, 11) is 0. The Morgan fingerprint density at radius 2 is 1.58 bits per heavy atom. The molecule has 36 heavy (non-hydrogen) atoms. The molecule has 0 spiro atoms. The maximum Gasteiger partial charge on any atom is 0.282 e. The van der Waals surface area contributed by atoms with Crippen LogP contribution in [0.25, 0.3) is 22.3 Å². The van der Waals surface area contributed by atoms with Crippen LogP contribution in [0, 0.1) is 13.0 Å². The SMILES string of the molecule is O=c1c2ccccc2nc(-c2ccccc2)n1N=Cc1cc(I)c(OCc2ccc(F)cc2)c(I)c1. The average Bonchev–Trinajstić information content (AvgIpc) is 2.89. The number of aromatic nitrogens is 2. The first-order valence-electron chi connectivity index (χ1n) is 11.0. The van der Waals surface area contributed by atoms with Gasteiger partial charge in [-0.2, -0.15) is 9.78 Å². The summed E-state index contributed by atoms with van der Waals surface area (Å²) in [5.41, 5.74) is 2.88. The van der Waals surface area contributed by atoms with E-state index in [0.29, 0.717) is 23.3 Å². The highest BCUT2D eigenvalue weighted by Gasteiger charge is 2.13. The van der Waals surface area contributed by atoms with Gasteiger partial charge in [-0.3, -0.25) is 4.79 Å². The molecule has 4 aromatic carbocycles. The lowest BCUT2D eigenvalue weighted by Gasteiger charge is -2.12. The molecule has 0 amide bonds. The van der Waals surface area contributed by atoms with Crippen molar-refractivity contribution in [2.75, 3.05) is 0 Å². The zero-order valence-electron chi connectivity index (χ0n) is 18.7. The summed E-state index contributed by atoms with van der Waals surface area (Å²) in [6.07, 6.45) is 1.65. The van der Waals surface area contributed by atoms with E-state index in [4.69, 9.17) is 9.72 Å². The molecule has 5 nitrogen and oxygen atoms in total. The molecule has 8 heteroatoms. The molecule has 0 unspecified atom stereocenters. The molecule has 0 atom stereocenters. The van der Waals surface area contributed by atoms with E-state index in [1.54, 1.807) is 24.4 Å². The van der Waals surface area contributed by atoms with Gasteiger partial charge in [0.2, 0.25) is 0 Å². The third-order valence-electron chi connectivity index (χ3n) is 5.43. The van der Waals surface area contributed by atoms with Crippen LogP contribution in [0.15, 0.2) is 101 Å². The van der Waals surface area contributed by atoms with Crippen molar-refractivity contribution in [3.8, 4) is 17.1 Å². The molecule has 0 aliphatic rings. The molecule has 0 N–H and O–H groups in total. The summed E-state index contributed by atoms with van der Waals surface area (Å²) in [6.45, 7) is 0.332. The second kappa shape index (κ2) is 10.9. The van der Waals surface area contributed by atoms with Crippen molar-refractivity contribution in [2.24, 2.45) is 5.10 Å². The Morgan fingerprint density at radius 1 is 0.917 bits per heavy atom. The van der Waals surface area contributed by atoms with Crippen molar-refractivity contribution in [3.63, 3.8) is 0 Å². The number of para-hydroxylation sites is 1. The number of ether oxygens (including phenoxy) is 1. The van der Waals surface area contributed by atoms with Gasteiger partial charge in [0, 0.05) is 5.56 Å². The number of halogens is 3. The van der Waals surface area contributed by atoms with Gasteiger partial charge in [-0.25, -0.2) is 9.37 Å². The van der Waals surface area contributed by atoms with Crippen LogP contribution in [-0.2, 0) is 6.61 Å². The number of nitrogens with zero attached hydrogens (tertiary/aromatic N) is 3. The lowest BCUT2D eigenvalue weighted by Crippen LogP contribution is -2.20. The van der Waals surface area contributed by atoms with Crippen LogP contribution in [0.2, 0.25) is 0 Å². The van der Waals surface area contributed by atoms with E-state index >= 15 is 0 Å². The standard InChI is InChI=1S/C28H18FI2N3O2/c29-21-12-10-18(11-13-21)17-36-26-23(30)14-19(15-24(26)31)16-32-34-27(20-6-2-1-3-7-20)33-25-9-5-4-8-22(25)28(34)35/h1-16H,17H2. The number of hydrogen-bond acceptors (Lipinski definition) is 4. The molecule has 5 aromatic rings. The Hall–Kier alpha value is -3.12. The van der Waals surface area contributed by atoms with Gasteiger partial charge in [0.25, 0.3) is 5.56 Å². The second-order valence-electron chi connectivity index (χ2n) is 7.91. The summed E-state index contributed by atoms with van der Waals surface area (Å²) >= 11 is 4.43. The normalized spacial score (nSPS) is 11.3. The largest absolute Gasteiger partial charge is 0.487 e. The van der Waals surface area contributed by atoms with E-state index in [0.717, 1.165) is 29.6 Å². The predicted molar refractivity (Wildman–Crippen MR) is 157 cm³/mol. The van der Waals surface area contributed by atoms with Crippen LogP contribution in [0.4, 0.5) is 4.39 Å². The highest BCUT2D eigenvalue weighted by Crippen LogP contribution is 2.29. The third kappa shape index (κ3) is 5.34. The zero-order valence-corrected chi connectivity index (χ0v) is 23.1. The first kappa shape index (κ1) is 24.6. The fourth-order valence-electron chi connectivity index (χ4n) is 3.66. The van der Waals surface area contributed by atoms with Crippen LogP contribution >= 0.6 is 45.2 Å². The Kier molecular flexibility index (Phi) is 7.42. The van der Waals surface area contributed by atoms with Gasteiger partial charge in [0.1, 0.15) is 18.2 Å². The van der Waals surface area contributed by atoms with E-state index < -0.39 is 0 Å². The van der Waals surface area contributed by atoms with Gasteiger partial charge in [-0.15, -0.1) is 0 Å². The van der Waals surface area contributed by atoms with E-state index in [-0.39, 0.29) is 11.4 Å². The average molecular weight is 701 g/mol. The summed E-state index contributed by atoms with van der Waals surface area (Å²) in [6, 6.07) is 26.9. The molecule has 0 radical (unpaired) electrons. The summed E-state index contributed by atoms with van der Waals surface area (Å²) < 4.78 is 22.3. The lowest BCUT2D eigenvalue weighted by molar-refractivity contribution is 0.301. The van der Waals surface area contributed by atoms with Gasteiger partial charge < -0.3 is 4.74 Å². The second-order valence-corrected chi connectivity index (χ2v) is 10.2. The first-order valence-corrected chi connectivity index (χ1v) is 13.1. The van der Waals surface area contributed by atoms with E-state index in [1.165, 1.54) is 16.8 Å². The Morgan fingerprint density at radius 3 is 2.31 bits per heavy atom. The summed E-state index contributed by atoms with van der Waals surface area (Å²) in [5.74, 6) is 0.939. The van der Waals surface area contributed by atoms with Crippen molar-refractivity contribution in [1.82, 2.24) is 9.66 Å². The first-order chi connectivity index (χ1) is 17.5. The van der Waals surface area contributed by atoms with Crippen LogP contribution in [-0.4, -0.2) is 15.9 Å². The lowest BCUT2D eigenvalue weighted by atomic mass is 10.2. The van der Waals surface area contributed by atoms with Gasteiger partial charge in [-0.05, 0) is 92.7 Å².